The van der Waals surface area contributed by atoms with Crippen molar-refractivity contribution >= 4 is 0 Å². The van der Waals surface area contributed by atoms with Gasteiger partial charge < -0.3 is 14.8 Å². The average Bonchev–Trinajstić information content (AvgIpc) is 2.39. The predicted octanol–water partition coefficient (Wildman–Crippen LogP) is 3.52. The Morgan fingerprint density at radius 3 is 2.40 bits per heavy atom. The minimum absolute atomic E-state index is 0.0919. The molecule has 0 atom stereocenters. The van der Waals surface area contributed by atoms with Crippen molar-refractivity contribution in [2.24, 2.45) is 0 Å². The minimum atomic E-state index is -0.0919. The van der Waals surface area contributed by atoms with Crippen molar-refractivity contribution in [3.05, 3.63) is 35.4 Å². The van der Waals surface area contributed by atoms with E-state index in [4.69, 9.17) is 9.47 Å². The number of rotatable bonds is 9. The van der Waals surface area contributed by atoms with Crippen molar-refractivity contribution in [2.75, 3.05) is 19.8 Å². The standard InChI is InChI=1S/C17H29NO2/c1-5-10-18-13-15-8-6-7-9-16(15)14-19-11-12-20-17(2,3)4/h6-9,18H,5,10-14H2,1-4H3. The van der Waals surface area contributed by atoms with Crippen molar-refractivity contribution in [2.45, 2.75) is 52.9 Å². The first-order valence-corrected chi connectivity index (χ1v) is 7.52. The number of ether oxygens (including phenoxy) is 2. The zero-order valence-corrected chi connectivity index (χ0v) is 13.4. The van der Waals surface area contributed by atoms with Gasteiger partial charge in [-0.25, -0.2) is 0 Å². The van der Waals surface area contributed by atoms with Gasteiger partial charge in [0.25, 0.3) is 0 Å². The zero-order valence-electron chi connectivity index (χ0n) is 13.4. The van der Waals surface area contributed by atoms with Crippen LogP contribution in [0.15, 0.2) is 24.3 Å². The minimum Gasteiger partial charge on any atom is -0.374 e. The second-order valence-electron chi connectivity index (χ2n) is 5.96. The second-order valence-corrected chi connectivity index (χ2v) is 5.96. The molecule has 0 spiro atoms. The first-order valence-electron chi connectivity index (χ1n) is 7.52. The van der Waals surface area contributed by atoms with Crippen LogP contribution in [0.2, 0.25) is 0 Å². The molecule has 20 heavy (non-hydrogen) atoms. The SMILES string of the molecule is CCCNCc1ccccc1COCCOC(C)(C)C. The van der Waals surface area contributed by atoms with Crippen LogP contribution in [-0.4, -0.2) is 25.4 Å². The summed E-state index contributed by atoms with van der Waals surface area (Å²) in [6.07, 6.45) is 1.16. The average molecular weight is 279 g/mol. The van der Waals surface area contributed by atoms with Crippen LogP contribution in [-0.2, 0) is 22.6 Å². The van der Waals surface area contributed by atoms with E-state index < -0.39 is 0 Å². The lowest BCUT2D eigenvalue weighted by molar-refractivity contribution is -0.0377. The highest BCUT2D eigenvalue weighted by atomic mass is 16.5. The normalized spacial score (nSPS) is 11.8. The maximum Gasteiger partial charge on any atom is 0.0721 e. The van der Waals surface area contributed by atoms with Crippen LogP contribution in [0.3, 0.4) is 0 Å². The quantitative estimate of drug-likeness (QED) is 0.702. The molecule has 1 rings (SSSR count). The maximum atomic E-state index is 5.71. The van der Waals surface area contributed by atoms with Crippen molar-refractivity contribution in [1.29, 1.82) is 0 Å². The van der Waals surface area contributed by atoms with Crippen LogP contribution in [0.1, 0.15) is 45.2 Å². The molecule has 1 N–H and O–H groups in total. The lowest BCUT2D eigenvalue weighted by atomic mass is 10.1. The molecule has 0 aliphatic heterocycles. The summed E-state index contributed by atoms with van der Waals surface area (Å²) in [6, 6.07) is 8.43. The van der Waals surface area contributed by atoms with Crippen molar-refractivity contribution in [1.82, 2.24) is 5.32 Å². The summed E-state index contributed by atoms with van der Waals surface area (Å²) >= 11 is 0. The highest BCUT2D eigenvalue weighted by molar-refractivity contribution is 5.26. The van der Waals surface area contributed by atoms with Crippen molar-refractivity contribution in [3.8, 4) is 0 Å². The van der Waals surface area contributed by atoms with E-state index in [1.807, 2.05) is 0 Å². The van der Waals surface area contributed by atoms with Crippen molar-refractivity contribution in [3.63, 3.8) is 0 Å². The van der Waals surface area contributed by atoms with Gasteiger partial charge in [-0.2, -0.15) is 0 Å². The van der Waals surface area contributed by atoms with Crippen LogP contribution >= 0.6 is 0 Å². The lowest BCUT2D eigenvalue weighted by Gasteiger charge is -2.19. The van der Waals surface area contributed by atoms with E-state index in [0.717, 1.165) is 19.5 Å². The summed E-state index contributed by atoms with van der Waals surface area (Å²) in [6.45, 7) is 12.2. The molecule has 0 aromatic heterocycles. The summed E-state index contributed by atoms with van der Waals surface area (Å²) in [4.78, 5) is 0. The van der Waals surface area contributed by atoms with Gasteiger partial charge in [0.05, 0.1) is 25.4 Å². The molecule has 0 bridgehead atoms. The summed E-state index contributed by atoms with van der Waals surface area (Å²) in [7, 11) is 0. The Hall–Kier alpha value is -0.900. The highest BCUT2D eigenvalue weighted by Gasteiger charge is 2.09. The Bertz CT molecular complexity index is 371. The summed E-state index contributed by atoms with van der Waals surface area (Å²) < 4.78 is 11.3. The second kappa shape index (κ2) is 9.11. The van der Waals surface area contributed by atoms with Gasteiger partial charge in [0, 0.05) is 6.54 Å². The Morgan fingerprint density at radius 2 is 1.75 bits per heavy atom. The topological polar surface area (TPSA) is 30.5 Å². The van der Waals surface area contributed by atoms with Gasteiger partial charge in [-0.05, 0) is 44.9 Å². The van der Waals surface area contributed by atoms with E-state index >= 15 is 0 Å². The van der Waals surface area contributed by atoms with E-state index in [-0.39, 0.29) is 5.60 Å². The number of hydrogen-bond donors (Lipinski definition) is 1. The van der Waals surface area contributed by atoms with Crippen LogP contribution in [0.5, 0.6) is 0 Å². The van der Waals surface area contributed by atoms with E-state index in [2.05, 4.69) is 57.3 Å². The Morgan fingerprint density at radius 1 is 1.05 bits per heavy atom. The van der Waals surface area contributed by atoms with E-state index in [0.29, 0.717) is 19.8 Å². The van der Waals surface area contributed by atoms with Crippen LogP contribution < -0.4 is 5.32 Å². The molecule has 1 aromatic rings. The third kappa shape index (κ3) is 7.63. The fraction of sp³-hybridized carbons (Fsp3) is 0.647. The predicted molar refractivity (Wildman–Crippen MR) is 83.8 cm³/mol. The lowest BCUT2D eigenvalue weighted by Crippen LogP contribution is -2.22. The molecule has 0 unspecified atom stereocenters. The van der Waals surface area contributed by atoms with Gasteiger partial charge in [0.2, 0.25) is 0 Å². The van der Waals surface area contributed by atoms with Gasteiger partial charge in [-0.3, -0.25) is 0 Å². The molecule has 0 saturated carbocycles. The van der Waals surface area contributed by atoms with E-state index in [1.54, 1.807) is 0 Å². The highest BCUT2D eigenvalue weighted by Crippen LogP contribution is 2.10. The third-order valence-electron chi connectivity index (χ3n) is 2.88. The molecule has 0 saturated heterocycles. The van der Waals surface area contributed by atoms with Crippen LogP contribution in [0.25, 0.3) is 0 Å². The summed E-state index contributed by atoms with van der Waals surface area (Å²) in [5.41, 5.74) is 2.48. The largest absolute Gasteiger partial charge is 0.374 e. The smallest absolute Gasteiger partial charge is 0.0721 e. The third-order valence-corrected chi connectivity index (χ3v) is 2.88. The summed E-state index contributed by atoms with van der Waals surface area (Å²) in [5.74, 6) is 0. The van der Waals surface area contributed by atoms with Gasteiger partial charge >= 0.3 is 0 Å². The first kappa shape index (κ1) is 17.2. The molecule has 3 heteroatoms. The Balaban J connectivity index is 2.32. The van der Waals surface area contributed by atoms with Gasteiger partial charge in [0.1, 0.15) is 0 Å². The molecule has 1 aromatic carbocycles. The molecule has 0 amide bonds. The van der Waals surface area contributed by atoms with Gasteiger partial charge in [-0.1, -0.05) is 31.2 Å². The molecular weight excluding hydrogens is 250 g/mol. The molecule has 0 radical (unpaired) electrons. The number of benzene rings is 1. The Kier molecular flexibility index (Phi) is 7.82. The molecule has 3 nitrogen and oxygen atoms in total. The summed E-state index contributed by atoms with van der Waals surface area (Å²) in [5, 5.41) is 3.43. The molecule has 0 fully saturated rings. The van der Waals surface area contributed by atoms with Crippen molar-refractivity contribution < 1.29 is 9.47 Å². The number of hydrogen-bond acceptors (Lipinski definition) is 3. The Labute approximate surface area is 123 Å². The van der Waals surface area contributed by atoms with Gasteiger partial charge in [0.15, 0.2) is 0 Å². The molecular formula is C17H29NO2. The number of nitrogens with one attached hydrogen (secondary N) is 1. The molecule has 0 aliphatic carbocycles. The van der Waals surface area contributed by atoms with E-state index in [1.165, 1.54) is 11.1 Å². The maximum absolute atomic E-state index is 5.71. The monoisotopic (exact) mass is 279 g/mol. The van der Waals surface area contributed by atoms with Gasteiger partial charge in [-0.15, -0.1) is 0 Å². The molecule has 0 heterocycles. The fourth-order valence-electron chi connectivity index (χ4n) is 1.86. The zero-order chi connectivity index (χ0) is 14.8. The van der Waals surface area contributed by atoms with Crippen LogP contribution in [0, 0.1) is 0 Å². The molecule has 0 aliphatic rings. The van der Waals surface area contributed by atoms with Crippen LogP contribution in [0.4, 0.5) is 0 Å². The van der Waals surface area contributed by atoms with E-state index in [9.17, 15) is 0 Å². The fourth-order valence-corrected chi connectivity index (χ4v) is 1.86. The molecule has 114 valence electrons. The first-order chi connectivity index (χ1) is 9.53.